The maximum Gasteiger partial charge on any atom is 0.253 e. The fourth-order valence-corrected chi connectivity index (χ4v) is 1.93. The van der Waals surface area contributed by atoms with Crippen LogP contribution in [-0.2, 0) is 0 Å². The minimum atomic E-state index is -0.0629. The third kappa shape index (κ3) is 2.88. The van der Waals surface area contributed by atoms with Crippen molar-refractivity contribution >= 4 is 32.7 Å². The van der Waals surface area contributed by atoms with Gasteiger partial charge in [-0.3, -0.25) is 9.78 Å². The summed E-state index contributed by atoms with van der Waals surface area (Å²) in [6.45, 7) is 2.74. The van der Waals surface area contributed by atoms with Gasteiger partial charge < -0.3 is 5.32 Å². The standard InChI is InChI=1S/C14H15BrN2O/c1-10(8-15)9-17-14(18)12-6-2-4-11-5-3-7-16-13(11)12/h2-7,10H,8-9H2,1H3,(H,17,18). The molecule has 1 unspecified atom stereocenters. The minimum absolute atomic E-state index is 0.0629. The Labute approximate surface area is 115 Å². The van der Waals surface area contributed by atoms with Crippen molar-refractivity contribution in [1.82, 2.24) is 10.3 Å². The smallest absolute Gasteiger partial charge is 0.253 e. The monoisotopic (exact) mass is 306 g/mol. The molecule has 0 aliphatic carbocycles. The van der Waals surface area contributed by atoms with Gasteiger partial charge >= 0.3 is 0 Å². The molecule has 1 amide bonds. The van der Waals surface area contributed by atoms with Crippen LogP contribution in [0.1, 0.15) is 17.3 Å². The van der Waals surface area contributed by atoms with E-state index in [0.717, 1.165) is 16.2 Å². The number of carbonyl (C=O) groups excluding carboxylic acids is 1. The van der Waals surface area contributed by atoms with Gasteiger partial charge in [0.15, 0.2) is 0 Å². The van der Waals surface area contributed by atoms with Crippen molar-refractivity contribution in [2.24, 2.45) is 5.92 Å². The highest BCUT2D eigenvalue weighted by molar-refractivity contribution is 9.09. The second-order valence-corrected chi connectivity index (χ2v) is 5.00. The van der Waals surface area contributed by atoms with Gasteiger partial charge in [0.05, 0.1) is 11.1 Å². The van der Waals surface area contributed by atoms with Gasteiger partial charge in [0.2, 0.25) is 0 Å². The molecule has 1 atom stereocenters. The Bertz CT molecular complexity index is 551. The van der Waals surface area contributed by atoms with E-state index in [1.165, 1.54) is 0 Å². The molecule has 1 aromatic heterocycles. The van der Waals surface area contributed by atoms with E-state index in [1.807, 2.05) is 30.3 Å². The summed E-state index contributed by atoms with van der Waals surface area (Å²) in [5.74, 6) is 0.351. The van der Waals surface area contributed by atoms with Gasteiger partial charge in [-0.15, -0.1) is 0 Å². The number of alkyl halides is 1. The van der Waals surface area contributed by atoms with Crippen molar-refractivity contribution in [1.29, 1.82) is 0 Å². The summed E-state index contributed by atoms with van der Waals surface area (Å²) in [7, 11) is 0. The Morgan fingerprint density at radius 3 is 2.94 bits per heavy atom. The lowest BCUT2D eigenvalue weighted by Gasteiger charge is -2.10. The maximum absolute atomic E-state index is 12.1. The number of amides is 1. The van der Waals surface area contributed by atoms with E-state index in [2.05, 4.69) is 33.2 Å². The number of hydrogen-bond acceptors (Lipinski definition) is 2. The van der Waals surface area contributed by atoms with Crippen LogP contribution in [0.2, 0.25) is 0 Å². The fraction of sp³-hybridized carbons (Fsp3) is 0.286. The Balaban J connectivity index is 2.22. The number of hydrogen-bond donors (Lipinski definition) is 1. The lowest BCUT2D eigenvalue weighted by Crippen LogP contribution is -2.29. The molecule has 0 saturated heterocycles. The normalized spacial score (nSPS) is 12.3. The Morgan fingerprint density at radius 1 is 1.39 bits per heavy atom. The van der Waals surface area contributed by atoms with Crippen LogP contribution in [0.4, 0.5) is 0 Å². The van der Waals surface area contributed by atoms with Gasteiger partial charge in [-0.05, 0) is 18.1 Å². The van der Waals surface area contributed by atoms with Crippen molar-refractivity contribution < 1.29 is 4.79 Å². The second-order valence-electron chi connectivity index (χ2n) is 4.35. The van der Waals surface area contributed by atoms with Crippen molar-refractivity contribution in [3.63, 3.8) is 0 Å². The summed E-state index contributed by atoms with van der Waals surface area (Å²) in [5.41, 5.74) is 1.39. The number of fused-ring (bicyclic) bond motifs is 1. The number of para-hydroxylation sites is 1. The van der Waals surface area contributed by atoms with E-state index < -0.39 is 0 Å². The summed E-state index contributed by atoms with van der Waals surface area (Å²) in [6.07, 6.45) is 1.71. The number of pyridine rings is 1. The second kappa shape index (κ2) is 5.96. The van der Waals surface area contributed by atoms with Gasteiger partial charge in [0.1, 0.15) is 0 Å². The number of rotatable bonds is 4. The highest BCUT2D eigenvalue weighted by Crippen LogP contribution is 2.15. The highest BCUT2D eigenvalue weighted by Gasteiger charge is 2.11. The van der Waals surface area contributed by atoms with Crippen LogP contribution in [0.5, 0.6) is 0 Å². The maximum atomic E-state index is 12.1. The SMILES string of the molecule is CC(CBr)CNC(=O)c1cccc2cccnc12. The molecule has 0 fully saturated rings. The largest absolute Gasteiger partial charge is 0.352 e. The number of nitrogens with zero attached hydrogens (tertiary/aromatic N) is 1. The molecule has 2 aromatic rings. The van der Waals surface area contributed by atoms with Gasteiger partial charge in [-0.1, -0.05) is 41.1 Å². The van der Waals surface area contributed by atoms with Gasteiger partial charge in [-0.2, -0.15) is 0 Å². The first-order valence-electron chi connectivity index (χ1n) is 5.90. The van der Waals surface area contributed by atoms with E-state index in [-0.39, 0.29) is 5.91 Å². The van der Waals surface area contributed by atoms with Crippen LogP contribution < -0.4 is 5.32 Å². The Morgan fingerprint density at radius 2 is 2.17 bits per heavy atom. The topological polar surface area (TPSA) is 42.0 Å². The van der Waals surface area contributed by atoms with E-state index in [9.17, 15) is 4.79 Å². The summed E-state index contributed by atoms with van der Waals surface area (Å²) in [6, 6.07) is 9.48. The predicted molar refractivity (Wildman–Crippen MR) is 77.0 cm³/mol. The summed E-state index contributed by atoms with van der Waals surface area (Å²) >= 11 is 3.40. The summed E-state index contributed by atoms with van der Waals surface area (Å²) in [5, 5.41) is 4.79. The molecule has 2 rings (SSSR count). The molecule has 1 aromatic carbocycles. The zero-order chi connectivity index (χ0) is 13.0. The zero-order valence-corrected chi connectivity index (χ0v) is 11.8. The third-order valence-corrected chi connectivity index (χ3v) is 3.86. The zero-order valence-electron chi connectivity index (χ0n) is 10.2. The van der Waals surface area contributed by atoms with Gasteiger partial charge in [0.25, 0.3) is 5.91 Å². The predicted octanol–water partition coefficient (Wildman–Crippen LogP) is 3.00. The van der Waals surface area contributed by atoms with Crippen LogP contribution in [0.3, 0.4) is 0 Å². The lowest BCUT2D eigenvalue weighted by molar-refractivity contribution is 0.0951. The van der Waals surface area contributed by atoms with E-state index in [1.54, 1.807) is 6.20 Å². The number of aromatic nitrogens is 1. The fourth-order valence-electron chi connectivity index (χ4n) is 1.70. The molecule has 0 radical (unpaired) electrons. The molecular formula is C14H15BrN2O. The number of carbonyl (C=O) groups is 1. The van der Waals surface area contributed by atoms with E-state index in [4.69, 9.17) is 0 Å². The van der Waals surface area contributed by atoms with Crippen LogP contribution >= 0.6 is 15.9 Å². The first-order valence-corrected chi connectivity index (χ1v) is 7.02. The minimum Gasteiger partial charge on any atom is -0.352 e. The quantitative estimate of drug-likeness (QED) is 0.882. The van der Waals surface area contributed by atoms with Crippen LogP contribution in [0.15, 0.2) is 36.5 Å². The average Bonchev–Trinajstić information content (AvgIpc) is 2.43. The number of nitrogens with one attached hydrogen (secondary N) is 1. The lowest BCUT2D eigenvalue weighted by atomic mass is 10.1. The van der Waals surface area contributed by atoms with Crippen molar-refractivity contribution in [3.05, 3.63) is 42.1 Å². The molecule has 4 heteroatoms. The molecule has 0 saturated carbocycles. The Hall–Kier alpha value is -1.42. The Kier molecular flexibility index (Phi) is 4.31. The van der Waals surface area contributed by atoms with Crippen LogP contribution in [0.25, 0.3) is 10.9 Å². The number of halogens is 1. The van der Waals surface area contributed by atoms with E-state index >= 15 is 0 Å². The summed E-state index contributed by atoms with van der Waals surface area (Å²) < 4.78 is 0. The molecule has 0 aliphatic rings. The van der Waals surface area contributed by atoms with Crippen molar-refractivity contribution in [2.45, 2.75) is 6.92 Å². The molecular weight excluding hydrogens is 292 g/mol. The van der Waals surface area contributed by atoms with E-state index in [0.29, 0.717) is 18.0 Å². The van der Waals surface area contributed by atoms with Crippen LogP contribution in [-0.4, -0.2) is 22.8 Å². The molecule has 1 heterocycles. The molecule has 0 spiro atoms. The average molecular weight is 307 g/mol. The van der Waals surface area contributed by atoms with Crippen LogP contribution in [0, 0.1) is 5.92 Å². The highest BCUT2D eigenvalue weighted by atomic mass is 79.9. The third-order valence-electron chi connectivity index (χ3n) is 2.75. The molecule has 94 valence electrons. The molecule has 0 aliphatic heterocycles. The molecule has 3 nitrogen and oxygen atoms in total. The number of benzene rings is 1. The molecule has 0 bridgehead atoms. The van der Waals surface area contributed by atoms with Crippen molar-refractivity contribution in [2.75, 3.05) is 11.9 Å². The van der Waals surface area contributed by atoms with Gasteiger partial charge in [0, 0.05) is 23.5 Å². The summed E-state index contributed by atoms with van der Waals surface area (Å²) in [4.78, 5) is 16.4. The first-order chi connectivity index (χ1) is 8.72. The first kappa shape index (κ1) is 13.0. The van der Waals surface area contributed by atoms with Crippen molar-refractivity contribution in [3.8, 4) is 0 Å². The molecule has 1 N–H and O–H groups in total. The van der Waals surface area contributed by atoms with Gasteiger partial charge in [-0.25, -0.2) is 0 Å². The molecule has 18 heavy (non-hydrogen) atoms.